The first-order valence-electron chi connectivity index (χ1n) is 5.91. The largest absolute Gasteiger partial charge is 0.391 e. The number of aliphatic hydroxyl groups is 1. The van der Waals surface area contributed by atoms with Gasteiger partial charge in [0.1, 0.15) is 0 Å². The van der Waals surface area contributed by atoms with Crippen molar-refractivity contribution in [1.82, 2.24) is 0 Å². The lowest BCUT2D eigenvalue weighted by atomic mass is 9.86. The molecule has 0 aliphatic carbocycles. The Labute approximate surface area is 116 Å². The van der Waals surface area contributed by atoms with Crippen molar-refractivity contribution >= 4 is 15.9 Å². The summed E-state index contributed by atoms with van der Waals surface area (Å²) in [6.07, 6.45) is -0.575. The van der Waals surface area contributed by atoms with Crippen molar-refractivity contribution in [3.05, 3.63) is 70.2 Å². The van der Waals surface area contributed by atoms with Crippen molar-refractivity contribution in [2.24, 2.45) is 5.73 Å². The SMILES string of the molecule is NCC(O)C(c1ccccc1)c1ccc(Br)cc1. The summed E-state index contributed by atoms with van der Waals surface area (Å²) in [4.78, 5) is 0. The van der Waals surface area contributed by atoms with Gasteiger partial charge >= 0.3 is 0 Å². The number of hydrogen-bond acceptors (Lipinski definition) is 2. The van der Waals surface area contributed by atoms with E-state index < -0.39 is 6.10 Å². The smallest absolute Gasteiger partial charge is 0.0771 e. The molecule has 2 aromatic carbocycles. The Balaban J connectivity index is 2.40. The lowest BCUT2D eigenvalue weighted by Crippen LogP contribution is -2.28. The van der Waals surface area contributed by atoms with Crippen LogP contribution in [-0.2, 0) is 0 Å². The maximum absolute atomic E-state index is 10.2. The minimum Gasteiger partial charge on any atom is -0.391 e. The summed E-state index contributed by atoms with van der Waals surface area (Å²) in [6.45, 7) is 0.246. The average Bonchev–Trinajstić information content (AvgIpc) is 2.42. The summed E-state index contributed by atoms with van der Waals surface area (Å²) in [5.74, 6) is -0.0794. The van der Waals surface area contributed by atoms with Gasteiger partial charge in [-0.1, -0.05) is 58.4 Å². The van der Waals surface area contributed by atoms with Crippen molar-refractivity contribution < 1.29 is 5.11 Å². The second kappa shape index (κ2) is 6.14. The zero-order valence-electron chi connectivity index (χ0n) is 9.96. The molecule has 94 valence electrons. The van der Waals surface area contributed by atoms with Crippen LogP contribution in [0.3, 0.4) is 0 Å². The summed E-state index contributed by atoms with van der Waals surface area (Å²) < 4.78 is 1.03. The zero-order valence-corrected chi connectivity index (χ0v) is 11.5. The molecule has 2 aromatic rings. The quantitative estimate of drug-likeness (QED) is 0.912. The van der Waals surface area contributed by atoms with E-state index >= 15 is 0 Å². The van der Waals surface area contributed by atoms with Crippen LogP contribution in [0.4, 0.5) is 0 Å². The van der Waals surface area contributed by atoms with Crippen LogP contribution in [0, 0.1) is 0 Å². The molecule has 3 heteroatoms. The topological polar surface area (TPSA) is 46.2 Å². The van der Waals surface area contributed by atoms with Crippen LogP contribution < -0.4 is 5.73 Å². The normalized spacial score (nSPS) is 14.2. The molecule has 0 spiro atoms. The summed E-state index contributed by atoms with van der Waals surface area (Å²) in [7, 11) is 0. The molecule has 2 rings (SSSR count). The molecule has 0 saturated heterocycles. The number of benzene rings is 2. The van der Waals surface area contributed by atoms with E-state index in [0.29, 0.717) is 0 Å². The first kappa shape index (κ1) is 13.3. The predicted molar refractivity (Wildman–Crippen MR) is 77.5 cm³/mol. The van der Waals surface area contributed by atoms with Gasteiger partial charge in [0.2, 0.25) is 0 Å². The van der Waals surface area contributed by atoms with Gasteiger partial charge in [0.15, 0.2) is 0 Å². The standard InChI is InChI=1S/C15H16BrNO/c16-13-8-6-12(7-9-13)15(14(18)10-17)11-4-2-1-3-5-11/h1-9,14-15,18H,10,17H2. The van der Waals surface area contributed by atoms with Crippen LogP contribution in [0.1, 0.15) is 17.0 Å². The molecule has 18 heavy (non-hydrogen) atoms. The van der Waals surface area contributed by atoms with Gasteiger partial charge < -0.3 is 10.8 Å². The lowest BCUT2D eigenvalue weighted by Gasteiger charge is -2.23. The van der Waals surface area contributed by atoms with Crippen molar-refractivity contribution in [3.8, 4) is 0 Å². The fourth-order valence-electron chi connectivity index (χ4n) is 2.10. The van der Waals surface area contributed by atoms with Crippen molar-refractivity contribution in [1.29, 1.82) is 0 Å². The molecule has 0 aliphatic heterocycles. The second-order valence-corrected chi connectivity index (χ2v) is 5.16. The van der Waals surface area contributed by atoms with Gasteiger partial charge in [-0.3, -0.25) is 0 Å². The first-order chi connectivity index (χ1) is 8.72. The van der Waals surface area contributed by atoms with Crippen molar-refractivity contribution in [2.45, 2.75) is 12.0 Å². The Kier molecular flexibility index (Phi) is 4.53. The molecular weight excluding hydrogens is 290 g/mol. The molecule has 0 radical (unpaired) electrons. The Morgan fingerprint density at radius 1 is 0.944 bits per heavy atom. The third kappa shape index (κ3) is 2.99. The molecule has 0 aliphatic rings. The van der Waals surface area contributed by atoms with Crippen molar-refractivity contribution in [2.75, 3.05) is 6.54 Å². The number of aliphatic hydroxyl groups excluding tert-OH is 1. The average molecular weight is 306 g/mol. The molecule has 0 amide bonds. The van der Waals surface area contributed by atoms with Gasteiger partial charge in [0.05, 0.1) is 6.10 Å². The maximum Gasteiger partial charge on any atom is 0.0771 e. The molecule has 2 atom stereocenters. The Morgan fingerprint density at radius 3 is 2.06 bits per heavy atom. The summed E-state index contributed by atoms with van der Waals surface area (Å²) >= 11 is 3.42. The van der Waals surface area contributed by atoms with Gasteiger partial charge in [-0.15, -0.1) is 0 Å². The molecule has 0 bridgehead atoms. The van der Waals surface area contributed by atoms with E-state index in [-0.39, 0.29) is 12.5 Å². The third-order valence-corrected chi connectivity index (χ3v) is 3.54. The molecule has 0 fully saturated rings. The Bertz CT molecular complexity index is 484. The molecule has 2 unspecified atom stereocenters. The van der Waals surface area contributed by atoms with Crippen LogP contribution in [0.2, 0.25) is 0 Å². The van der Waals surface area contributed by atoms with Crippen molar-refractivity contribution in [3.63, 3.8) is 0 Å². The summed E-state index contributed by atoms with van der Waals surface area (Å²) in [5.41, 5.74) is 7.77. The molecular formula is C15H16BrNO. The second-order valence-electron chi connectivity index (χ2n) is 4.24. The van der Waals surface area contributed by atoms with Crippen LogP contribution >= 0.6 is 15.9 Å². The van der Waals surface area contributed by atoms with E-state index in [0.717, 1.165) is 15.6 Å². The van der Waals surface area contributed by atoms with E-state index in [1.54, 1.807) is 0 Å². The van der Waals surface area contributed by atoms with E-state index in [9.17, 15) is 5.11 Å². The van der Waals surface area contributed by atoms with Gasteiger partial charge in [-0.25, -0.2) is 0 Å². The van der Waals surface area contributed by atoms with Crippen LogP contribution in [0.5, 0.6) is 0 Å². The molecule has 0 aromatic heterocycles. The molecule has 3 N–H and O–H groups in total. The minimum absolute atomic E-state index is 0.0794. The molecule has 0 saturated carbocycles. The van der Waals surface area contributed by atoms with Gasteiger partial charge in [0, 0.05) is 16.9 Å². The molecule has 2 nitrogen and oxygen atoms in total. The zero-order chi connectivity index (χ0) is 13.0. The van der Waals surface area contributed by atoms with Gasteiger partial charge in [0.25, 0.3) is 0 Å². The summed E-state index contributed by atoms with van der Waals surface area (Å²) in [6, 6.07) is 18.0. The third-order valence-electron chi connectivity index (χ3n) is 3.01. The Hall–Kier alpha value is -1.16. The first-order valence-corrected chi connectivity index (χ1v) is 6.70. The number of halogens is 1. The number of hydrogen-bond donors (Lipinski definition) is 2. The molecule has 0 heterocycles. The van der Waals surface area contributed by atoms with Crippen LogP contribution in [-0.4, -0.2) is 17.8 Å². The van der Waals surface area contributed by atoms with Gasteiger partial charge in [-0.2, -0.15) is 0 Å². The van der Waals surface area contributed by atoms with Gasteiger partial charge in [-0.05, 0) is 23.3 Å². The fraction of sp³-hybridized carbons (Fsp3) is 0.200. The fourth-order valence-corrected chi connectivity index (χ4v) is 2.37. The number of nitrogens with two attached hydrogens (primary N) is 1. The highest BCUT2D eigenvalue weighted by Gasteiger charge is 2.21. The van der Waals surface area contributed by atoms with E-state index in [1.165, 1.54) is 0 Å². The summed E-state index contributed by atoms with van der Waals surface area (Å²) in [5, 5.41) is 10.2. The maximum atomic E-state index is 10.2. The highest BCUT2D eigenvalue weighted by atomic mass is 79.9. The Morgan fingerprint density at radius 2 is 1.50 bits per heavy atom. The highest BCUT2D eigenvalue weighted by Crippen LogP contribution is 2.28. The van der Waals surface area contributed by atoms with Crippen LogP contribution in [0.15, 0.2) is 59.1 Å². The van der Waals surface area contributed by atoms with E-state index in [1.807, 2.05) is 54.6 Å². The van der Waals surface area contributed by atoms with Crippen LogP contribution in [0.25, 0.3) is 0 Å². The number of rotatable bonds is 4. The lowest BCUT2D eigenvalue weighted by molar-refractivity contribution is 0.164. The predicted octanol–water partition coefficient (Wildman–Crippen LogP) is 2.90. The van der Waals surface area contributed by atoms with E-state index in [4.69, 9.17) is 5.73 Å². The van der Waals surface area contributed by atoms with E-state index in [2.05, 4.69) is 15.9 Å². The minimum atomic E-state index is -0.575. The highest BCUT2D eigenvalue weighted by molar-refractivity contribution is 9.10. The monoisotopic (exact) mass is 305 g/mol.